The molecule has 0 unspecified atom stereocenters. The van der Waals surface area contributed by atoms with Crippen molar-refractivity contribution in [3.63, 3.8) is 0 Å². The van der Waals surface area contributed by atoms with Crippen molar-refractivity contribution < 1.29 is 4.39 Å². The summed E-state index contributed by atoms with van der Waals surface area (Å²) in [5, 5.41) is 3.34. The lowest BCUT2D eigenvalue weighted by Crippen LogP contribution is -2.52. The summed E-state index contributed by atoms with van der Waals surface area (Å²) in [7, 11) is 0. The number of nitrogens with zero attached hydrogens (tertiary/aromatic N) is 5. The van der Waals surface area contributed by atoms with E-state index in [9.17, 15) is 4.39 Å². The third-order valence-electron chi connectivity index (χ3n) is 4.07. The number of rotatable bonds is 4. The Labute approximate surface area is 170 Å². The molecule has 0 atom stereocenters. The molecule has 1 N–H and O–H groups in total. The van der Waals surface area contributed by atoms with E-state index < -0.39 is 0 Å². The van der Waals surface area contributed by atoms with Crippen molar-refractivity contribution in [1.29, 1.82) is 0 Å². The van der Waals surface area contributed by atoms with Gasteiger partial charge in [-0.15, -0.1) is 24.0 Å². The second-order valence-corrected chi connectivity index (χ2v) is 5.82. The van der Waals surface area contributed by atoms with E-state index in [0.717, 1.165) is 50.2 Å². The maximum atomic E-state index is 13.0. The highest BCUT2D eigenvalue weighted by Crippen LogP contribution is 2.10. The van der Waals surface area contributed by atoms with Gasteiger partial charge in [0.1, 0.15) is 5.82 Å². The van der Waals surface area contributed by atoms with Crippen LogP contribution in [0.25, 0.3) is 0 Å². The molecule has 1 aromatic carbocycles. The summed E-state index contributed by atoms with van der Waals surface area (Å²) >= 11 is 0. The van der Waals surface area contributed by atoms with Crippen LogP contribution >= 0.6 is 24.0 Å². The Kier molecular flexibility index (Phi) is 8.02. The van der Waals surface area contributed by atoms with Gasteiger partial charge in [0.25, 0.3) is 0 Å². The highest BCUT2D eigenvalue weighted by molar-refractivity contribution is 14.0. The summed E-state index contributed by atoms with van der Waals surface area (Å²) in [6.45, 7) is 6.81. The lowest BCUT2D eigenvalue weighted by Gasteiger charge is -2.36. The fourth-order valence-electron chi connectivity index (χ4n) is 2.75. The number of hydrogen-bond acceptors (Lipinski definition) is 4. The van der Waals surface area contributed by atoms with Crippen LogP contribution in [-0.4, -0.2) is 53.6 Å². The topological polar surface area (TPSA) is 56.7 Å². The van der Waals surface area contributed by atoms with Crippen molar-refractivity contribution in [2.75, 3.05) is 37.6 Å². The smallest absolute Gasteiger partial charge is 0.225 e. The quantitative estimate of drug-likeness (QED) is 0.423. The standard InChI is InChI=1S/C18H23FN6.HI/c1-2-20-17(23-14-15-4-6-16(19)7-5-15)24-10-12-25(13-11-24)18-21-8-3-9-22-18;/h3-9H,2,10-14H2,1H3,(H,20,23);1H. The molecule has 2 heterocycles. The molecule has 1 aromatic heterocycles. The zero-order chi connectivity index (χ0) is 17.5. The number of aromatic nitrogens is 2. The second-order valence-electron chi connectivity index (χ2n) is 5.82. The van der Waals surface area contributed by atoms with Gasteiger partial charge in [0, 0.05) is 45.1 Å². The largest absolute Gasteiger partial charge is 0.357 e. The molecule has 2 aromatic rings. The second kappa shape index (κ2) is 10.2. The normalized spacial score (nSPS) is 14.8. The van der Waals surface area contributed by atoms with Gasteiger partial charge in [-0.3, -0.25) is 0 Å². The van der Waals surface area contributed by atoms with Gasteiger partial charge in [0.15, 0.2) is 5.96 Å². The fraction of sp³-hybridized carbons (Fsp3) is 0.389. The minimum atomic E-state index is -0.223. The summed E-state index contributed by atoms with van der Waals surface area (Å²) in [5.41, 5.74) is 0.994. The van der Waals surface area contributed by atoms with E-state index in [1.54, 1.807) is 24.5 Å². The van der Waals surface area contributed by atoms with E-state index in [0.29, 0.717) is 6.54 Å². The zero-order valence-corrected chi connectivity index (χ0v) is 17.1. The van der Waals surface area contributed by atoms with Crippen LogP contribution in [0.15, 0.2) is 47.7 Å². The van der Waals surface area contributed by atoms with Crippen LogP contribution in [0.5, 0.6) is 0 Å². The van der Waals surface area contributed by atoms with E-state index in [2.05, 4.69) is 32.0 Å². The molecule has 0 aliphatic carbocycles. The Morgan fingerprint density at radius 1 is 1.12 bits per heavy atom. The lowest BCUT2D eigenvalue weighted by molar-refractivity contribution is 0.370. The summed E-state index contributed by atoms with van der Waals surface area (Å²) in [6.07, 6.45) is 3.53. The summed E-state index contributed by atoms with van der Waals surface area (Å²) in [5.74, 6) is 1.44. The first-order chi connectivity index (χ1) is 12.3. The van der Waals surface area contributed by atoms with Crippen molar-refractivity contribution in [1.82, 2.24) is 20.2 Å². The molecule has 1 aliphatic heterocycles. The van der Waals surface area contributed by atoms with Gasteiger partial charge in [-0.1, -0.05) is 12.1 Å². The molecule has 0 saturated carbocycles. The lowest BCUT2D eigenvalue weighted by atomic mass is 10.2. The number of piperazine rings is 1. The Balaban J connectivity index is 0.00000243. The van der Waals surface area contributed by atoms with E-state index >= 15 is 0 Å². The summed E-state index contributed by atoms with van der Waals surface area (Å²) in [4.78, 5) is 17.7. The van der Waals surface area contributed by atoms with Gasteiger partial charge in [0.05, 0.1) is 6.54 Å². The molecule has 1 saturated heterocycles. The van der Waals surface area contributed by atoms with Gasteiger partial charge >= 0.3 is 0 Å². The van der Waals surface area contributed by atoms with Gasteiger partial charge < -0.3 is 15.1 Å². The molecule has 0 bridgehead atoms. The van der Waals surface area contributed by atoms with Crippen LogP contribution in [0, 0.1) is 5.82 Å². The molecule has 0 spiro atoms. The minimum absolute atomic E-state index is 0. The number of nitrogens with one attached hydrogen (secondary N) is 1. The average molecular weight is 470 g/mol. The van der Waals surface area contributed by atoms with Crippen molar-refractivity contribution in [3.05, 3.63) is 54.1 Å². The van der Waals surface area contributed by atoms with Gasteiger partial charge in [0.2, 0.25) is 5.95 Å². The molecule has 6 nitrogen and oxygen atoms in total. The van der Waals surface area contributed by atoms with Crippen LogP contribution in [0.2, 0.25) is 0 Å². The van der Waals surface area contributed by atoms with Gasteiger partial charge in [-0.05, 0) is 30.7 Å². The molecule has 8 heteroatoms. The highest BCUT2D eigenvalue weighted by Gasteiger charge is 2.20. The minimum Gasteiger partial charge on any atom is -0.357 e. The molecule has 140 valence electrons. The third-order valence-corrected chi connectivity index (χ3v) is 4.07. The van der Waals surface area contributed by atoms with Crippen molar-refractivity contribution in [3.8, 4) is 0 Å². The monoisotopic (exact) mass is 470 g/mol. The first kappa shape index (κ1) is 20.3. The number of anilines is 1. The molecule has 0 radical (unpaired) electrons. The molecular weight excluding hydrogens is 446 g/mol. The predicted octanol–water partition coefficient (Wildman–Crippen LogP) is 2.52. The van der Waals surface area contributed by atoms with Crippen LogP contribution in [0.3, 0.4) is 0 Å². The summed E-state index contributed by atoms with van der Waals surface area (Å²) in [6, 6.07) is 8.30. The van der Waals surface area contributed by atoms with Gasteiger partial charge in [-0.2, -0.15) is 0 Å². The fourth-order valence-corrected chi connectivity index (χ4v) is 2.75. The predicted molar refractivity (Wildman–Crippen MR) is 112 cm³/mol. The number of benzene rings is 1. The van der Waals surface area contributed by atoms with Crippen molar-refractivity contribution in [2.24, 2.45) is 4.99 Å². The van der Waals surface area contributed by atoms with E-state index in [1.165, 1.54) is 12.1 Å². The van der Waals surface area contributed by atoms with Crippen molar-refractivity contribution >= 4 is 35.9 Å². The maximum absolute atomic E-state index is 13.0. The maximum Gasteiger partial charge on any atom is 0.225 e. The molecule has 1 aliphatic rings. The Morgan fingerprint density at radius 2 is 1.77 bits per heavy atom. The van der Waals surface area contributed by atoms with Crippen LogP contribution in [-0.2, 0) is 6.54 Å². The van der Waals surface area contributed by atoms with E-state index in [1.807, 2.05) is 6.07 Å². The number of halogens is 2. The van der Waals surface area contributed by atoms with E-state index in [-0.39, 0.29) is 29.8 Å². The molecule has 26 heavy (non-hydrogen) atoms. The Bertz CT molecular complexity index is 687. The first-order valence-corrected chi connectivity index (χ1v) is 8.56. The first-order valence-electron chi connectivity index (χ1n) is 8.56. The van der Waals surface area contributed by atoms with Crippen LogP contribution in [0.4, 0.5) is 10.3 Å². The van der Waals surface area contributed by atoms with Crippen molar-refractivity contribution in [2.45, 2.75) is 13.5 Å². The Hall–Kier alpha value is -1.97. The number of guanidine groups is 1. The van der Waals surface area contributed by atoms with Crippen LogP contribution < -0.4 is 10.2 Å². The molecule has 1 fully saturated rings. The zero-order valence-electron chi connectivity index (χ0n) is 14.8. The average Bonchev–Trinajstić information content (AvgIpc) is 2.67. The number of hydrogen-bond donors (Lipinski definition) is 1. The van der Waals surface area contributed by atoms with E-state index in [4.69, 9.17) is 4.99 Å². The Morgan fingerprint density at radius 3 is 2.38 bits per heavy atom. The third kappa shape index (κ3) is 5.52. The van der Waals surface area contributed by atoms with Crippen LogP contribution in [0.1, 0.15) is 12.5 Å². The highest BCUT2D eigenvalue weighted by atomic mass is 127. The summed E-state index contributed by atoms with van der Waals surface area (Å²) < 4.78 is 13.0. The molecule has 0 amide bonds. The molecular formula is C18H24FIN6. The SMILES string of the molecule is CCNC(=NCc1ccc(F)cc1)N1CCN(c2ncccn2)CC1.I. The van der Waals surface area contributed by atoms with Gasteiger partial charge in [-0.25, -0.2) is 19.4 Å². The number of aliphatic imine (C=N–C) groups is 1. The molecule has 3 rings (SSSR count).